The first-order valence-corrected chi connectivity index (χ1v) is 9.01. The standard InChI is InChI=1S/C19H21ClN4O3/c20-14-2-1-3-16(12-14)23-8-10-24(11-9-23)19(27)21-13-18(26)22-15-4-6-17(25)7-5-15/h1-7,12,25H,8-11,13H2,(H,21,27)(H,22,26). The van der Waals surface area contributed by atoms with Gasteiger partial charge in [0.1, 0.15) is 5.75 Å². The number of piperazine rings is 1. The summed E-state index contributed by atoms with van der Waals surface area (Å²) in [6.45, 7) is 2.42. The number of aromatic hydroxyl groups is 1. The van der Waals surface area contributed by atoms with Gasteiger partial charge in [-0.25, -0.2) is 4.79 Å². The first-order chi connectivity index (χ1) is 13.0. The molecule has 0 unspecified atom stereocenters. The Morgan fingerprint density at radius 2 is 1.74 bits per heavy atom. The Morgan fingerprint density at radius 3 is 2.41 bits per heavy atom. The summed E-state index contributed by atoms with van der Waals surface area (Å²) in [6, 6.07) is 13.5. The number of nitrogens with zero attached hydrogens (tertiary/aromatic N) is 2. The maximum absolute atomic E-state index is 12.3. The number of phenolic OH excluding ortho intramolecular Hbond substituents is 1. The maximum atomic E-state index is 12.3. The lowest BCUT2D eigenvalue weighted by Gasteiger charge is -2.36. The third-order valence-electron chi connectivity index (χ3n) is 4.29. The zero-order chi connectivity index (χ0) is 19.2. The van der Waals surface area contributed by atoms with Gasteiger partial charge in [0.25, 0.3) is 0 Å². The van der Waals surface area contributed by atoms with Crippen LogP contribution < -0.4 is 15.5 Å². The fraction of sp³-hybridized carbons (Fsp3) is 0.263. The van der Waals surface area contributed by atoms with Crippen molar-refractivity contribution in [2.75, 3.05) is 42.9 Å². The summed E-state index contributed by atoms with van der Waals surface area (Å²) < 4.78 is 0. The van der Waals surface area contributed by atoms with Crippen molar-refractivity contribution in [2.24, 2.45) is 0 Å². The van der Waals surface area contributed by atoms with Gasteiger partial charge in [-0.3, -0.25) is 4.79 Å². The average Bonchev–Trinajstić information content (AvgIpc) is 2.68. The summed E-state index contributed by atoms with van der Waals surface area (Å²) >= 11 is 6.03. The monoisotopic (exact) mass is 388 g/mol. The molecule has 1 fully saturated rings. The Kier molecular flexibility index (Phi) is 6.03. The molecule has 2 aromatic carbocycles. The Hall–Kier alpha value is -2.93. The number of urea groups is 1. The van der Waals surface area contributed by atoms with Crippen molar-refractivity contribution in [2.45, 2.75) is 0 Å². The highest BCUT2D eigenvalue weighted by atomic mass is 35.5. The van der Waals surface area contributed by atoms with Crippen LogP contribution in [0.2, 0.25) is 5.02 Å². The second-order valence-electron chi connectivity index (χ2n) is 6.21. The molecule has 27 heavy (non-hydrogen) atoms. The first kappa shape index (κ1) is 18.8. The number of rotatable bonds is 4. The van der Waals surface area contributed by atoms with Gasteiger partial charge in [-0.2, -0.15) is 0 Å². The van der Waals surface area contributed by atoms with Crippen LogP contribution in [0.5, 0.6) is 5.75 Å². The molecule has 0 spiro atoms. The molecule has 0 aromatic heterocycles. The molecule has 1 saturated heterocycles. The molecule has 1 aliphatic heterocycles. The molecule has 3 N–H and O–H groups in total. The molecule has 0 atom stereocenters. The van der Waals surface area contributed by atoms with Crippen LogP contribution in [-0.2, 0) is 4.79 Å². The van der Waals surface area contributed by atoms with Gasteiger partial charge in [0.15, 0.2) is 0 Å². The molecular weight excluding hydrogens is 368 g/mol. The third kappa shape index (κ3) is 5.27. The number of halogens is 1. The molecule has 1 heterocycles. The van der Waals surface area contributed by atoms with Gasteiger partial charge in [-0.15, -0.1) is 0 Å². The number of carbonyl (C=O) groups excluding carboxylic acids is 2. The van der Waals surface area contributed by atoms with E-state index >= 15 is 0 Å². The second-order valence-corrected chi connectivity index (χ2v) is 6.64. The Labute approximate surface area is 162 Å². The molecule has 0 aliphatic carbocycles. The van der Waals surface area contributed by atoms with Crippen molar-refractivity contribution >= 4 is 34.9 Å². The lowest BCUT2D eigenvalue weighted by Crippen LogP contribution is -2.52. The Balaban J connectivity index is 1.42. The number of anilines is 2. The van der Waals surface area contributed by atoms with E-state index in [2.05, 4.69) is 15.5 Å². The molecule has 1 aliphatic rings. The topological polar surface area (TPSA) is 84.9 Å². The van der Waals surface area contributed by atoms with Gasteiger partial charge in [0.2, 0.25) is 5.91 Å². The number of carbonyl (C=O) groups is 2. The molecule has 3 amide bonds. The fourth-order valence-electron chi connectivity index (χ4n) is 2.86. The van der Waals surface area contributed by atoms with Gasteiger partial charge in [0.05, 0.1) is 6.54 Å². The summed E-state index contributed by atoms with van der Waals surface area (Å²) in [5, 5.41) is 15.2. The van der Waals surface area contributed by atoms with Crippen LogP contribution in [0.1, 0.15) is 0 Å². The van der Waals surface area contributed by atoms with Crippen molar-refractivity contribution in [1.82, 2.24) is 10.2 Å². The van der Waals surface area contributed by atoms with Crippen LogP contribution in [0.4, 0.5) is 16.2 Å². The molecule has 8 heteroatoms. The normalized spacial score (nSPS) is 14.0. The third-order valence-corrected chi connectivity index (χ3v) is 4.53. The van der Waals surface area contributed by atoms with Crippen molar-refractivity contribution in [3.8, 4) is 5.75 Å². The van der Waals surface area contributed by atoms with E-state index in [0.29, 0.717) is 36.9 Å². The second kappa shape index (κ2) is 8.64. The van der Waals surface area contributed by atoms with Crippen LogP contribution in [0, 0.1) is 0 Å². The lowest BCUT2D eigenvalue weighted by molar-refractivity contribution is -0.115. The minimum atomic E-state index is -0.327. The highest BCUT2D eigenvalue weighted by molar-refractivity contribution is 6.30. The number of hydrogen-bond acceptors (Lipinski definition) is 4. The summed E-state index contributed by atoms with van der Waals surface area (Å²) in [5.74, 6) is -0.204. The predicted octanol–water partition coefficient (Wildman–Crippen LogP) is 2.52. The van der Waals surface area contributed by atoms with E-state index < -0.39 is 0 Å². The first-order valence-electron chi connectivity index (χ1n) is 8.63. The molecule has 0 bridgehead atoms. The number of hydrogen-bond donors (Lipinski definition) is 3. The van der Waals surface area contributed by atoms with E-state index in [-0.39, 0.29) is 24.2 Å². The molecule has 142 valence electrons. The van der Waals surface area contributed by atoms with Gasteiger partial charge >= 0.3 is 6.03 Å². The lowest BCUT2D eigenvalue weighted by atomic mass is 10.2. The van der Waals surface area contributed by atoms with Crippen LogP contribution in [0.15, 0.2) is 48.5 Å². The van der Waals surface area contributed by atoms with E-state index in [1.807, 2.05) is 24.3 Å². The van der Waals surface area contributed by atoms with Crippen LogP contribution in [0.25, 0.3) is 0 Å². The van der Waals surface area contributed by atoms with E-state index in [1.54, 1.807) is 17.0 Å². The zero-order valence-electron chi connectivity index (χ0n) is 14.7. The van der Waals surface area contributed by atoms with Gasteiger partial charge in [-0.05, 0) is 42.5 Å². The molecular formula is C19H21ClN4O3. The Morgan fingerprint density at radius 1 is 1.04 bits per heavy atom. The SMILES string of the molecule is O=C(CNC(=O)N1CCN(c2cccc(Cl)c2)CC1)Nc1ccc(O)cc1. The summed E-state index contributed by atoms with van der Waals surface area (Å²) in [6.07, 6.45) is 0. The quantitative estimate of drug-likeness (QED) is 0.702. The van der Waals surface area contributed by atoms with Gasteiger partial charge in [-0.1, -0.05) is 17.7 Å². The van der Waals surface area contributed by atoms with Gasteiger partial charge < -0.3 is 25.5 Å². The van der Waals surface area contributed by atoms with Gasteiger partial charge in [0, 0.05) is 42.6 Å². The van der Waals surface area contributed by atoms with Crippen molar-refractivity contribution in [3.05, 3.63) is 53.6 Å². The minimum Gasteiger partial charge on any atom is -0.508 e. The zero-order valence-corrected chi connectivity index (χ0v) is 15.4. The van der Waals surface area contributed by atoms with E-state index in [1.165, 1.54) is 12.1 Å². The largest absolute Gasteiger partial charge is 0.508 e. The highest BCUT2D eigenvalue weighted by Gasteiger charge is 2.21. The molecule has 7 nitrogen and oxygen atoms in total. The number of benzene rings is 2. The number of phenols is 1. The molecule has 2 aromatic rings. The molecule has 0 radical (unpaired) electrons. The van der Waals surface area contributed by atoms with Crippen molar-refractivity contribution in [1.29, 1.82) is 0 Å². The van der Waals surface area contributed by atoms with Crippen molar-refractivity contribution < 1.29 is 14.7 Å². The molecule has 0 saturated carbocycles. The van der Waals surface area contributed by atoms with Crippen LogP contribution >= 0.6 is 11.6 Å². The average molecular weight is 389 g/mol. The van der Waals surface area contributed by atoms with Crippen molar-refractivity contribution in [3.63, 3.8) is 0 Å². The Bertz CT molecular complexity index is 805. The predicted molar refractivity (Wildman–Crippen MR) is 105 cm³/mol. The summed E-state index contributed by atoms with van der Waals surface area (Å²) in [4.78, 5) is 28.0. The van der Waals surface area contributed by atoms with Crippen LogP contribution in [-0.4, -0.2) is 54.7 Å². The van der Waals surface area contributed by atoms with E-state index in [0.717, 1.165) is 5.69 Å². The van der Waals surface area contributed by atoms with E-state index in [4.69, 9.17) is 11.6 Å². The minimum absolute atomic E-state index is 0.117. The summed E-state index contributed by atoms with van der Waals surface area (Å²) in [7, 11) is 0. The number of amides is 3. The fourth-order valence-corrected chi connectivity index (χ4v) is 3.04. The molecule has 3 rings (SSSR count). The highest BCUT2D eigenvalue weighted by Crippen LogP contribution is 2.20. The van der Waals surface area contributed by atoms with E-state index in [9.17, 15) is 14.7 Å². The van der Waals surface area contributed by atoms with Crippen LogP contribution in [0.3, 0.4) is 0 Å². The smallest absolute Gasteiger partial charge is 0.317 e. The maximum Gasteiger partial charge on any atom is 0.317 e. The summed E-state index contributed by atoms with van der Waals surface area (Å²) in [5.41, 5.74) is 1.60. The number of nitrogens with one attached hydrogen (secondary N) is 2.